The van der Waals surface area contributed by atoms with Crippen LogP contribution in [0.3, 0.4) is 0 Å². The lowest BCUT2D eigenvalue weighted by molar-refractivity contribution is 0.0754. The molecule has 2 N–H and O–H groups in total. The summed E-state index contributed by atoms with van der Waals surface area (Å²) in [4.78, 5) is 12.5. The fourth-order valence-corrected chi connectivity index (χ4v) is 2.02. The number of rotatable bonds is 3. The molecule has 1 fully saturated rings. The van der Waals surface area contributed by atoms with Crippen LogP contribution in [0.5, 0.6) is 5.75 Å². The summed E-state index contributed by atoms with van der Waals surface area (Å²) >= 11 is 0. The monoisotopic (exact) mass is 239 g/mol. The maximum Gasteiger partial charge on any atom is 0.194 e. The molecule has 1 saturated heterocycles. The lowest BCUT2D eigenvalue weighted by Crippen LogP contribution is -2.45. The molecular formula is C11H17N3O3. The third kappa shape index (κ3) is 1.73. The second-order valence-corrected chi connectivity index (χ2v) is 4.55. The van der Waals surface area contributed by atoms with E-state index >= 15 is 0 Å². The van der Waals surface area contributed by atoms with E-state index in [-0.39, 0.29) is 11.8 Å². The van der Waals surface area contributed by atoms with Gasteiger partial charge in [0.1, 0.15) is 5.69 Å². The van der Waals surface area contributed by atoms with Crippen LogP contribution < -0.4 is 10.5 Å². The first kappa shape index (κ1) is 12.1. The van der Waals surface area contributed by atoms with E-state index in [0.717, 1.165) is 0 Å². The van der Waals surface area contributed by atoms with Crippen molar-refractivity contribution < 1.29 is 14.3 Å². The molecule has 0 spiro atoms. The number of nitrogens with zero attached hydrogens (tertiary/aromatic N) is 2. The molecule has 1 aromatic heterocycles. The summed E-state index contributed by atoms with van der Waals surface area (Å²) < 4.78 is 11.9. The standard InChI is InChI=1S/C11H17N3O3/c1-11(6-17-5-8(11)12)10(15)9-7(16-3)4-13-14(9)2/h4,8H,5-6,12H2,1-3H3. The van der Waals surface area contributed by atoms with Crippen LogP contribution in [0.2, 0.25) is 0 Å². The van der Waals surface area contributed by atoms with Crippen LogP contribution >= 0.6 is 0 Å². The first-order valence-corrected chi connectivity index (χ1v) is 5.45. The predicted molar refractivity (Wildman–Crippen MR) is 61.0 cm³/mol. The Hall–Kier alpha value is -1.40. The number of hydrogen-bond donors (Lipinski definition) is 1. The van der Waals surface area contributed by atoms with Crippen LogP contribution in [0.15, 0.2) is 6.20 Å². The molecule has 0 aromatic carbocycles. The van der Waals surface area contributed by atoms with Crippen molar-refractivity contribution >= 4 is 5.78 Å². The van der Waals surface area contributed by atoms with E-state index in [9.17, 15) is 4.79 Å². The topological polar surface area (TPSA) is 79.4 Å². The lowest BCUT2D eigenvalue weighted by atomic mass is 9.80. The molecule has 0 radical (unpaired) electrons. The molecule has 2 atom stereocenters. The molecule has 17 heavy (non-hydrogen) atoms. The van der Waals surface area contributed by atoms with Crippen molar-refractivity contribution in [2.24, 2.45) is 18.2 Å². The van der Waals surface area contributed by atoms with Gasteiger partial charge in [-0.3, -0.25) is 9.48 Å². The fraction of sp³-hybridized carbons (Fsp3) is 0.636. The van der Waals surface area contributed by atoms with Gasteiger partial charge in [0.25, 0.3) is 0 Å². The Morgan fingerprint density at radius 2 is 2.47 bits per heavy atom. The van der Waals surface area contributed by atoms with Crippen molar-refractivity contribution in [2.75, 3.05) is 20.3 Å². The molecule has 0 aliphatic carbocycles. The summed E-state index contributed by atoms with van der Waals surface area (Å²) in [5.41, 5.74) is 5.68. The number of ether oxygens (including phenoxy) is 2. The largest absolute Gasteiger partial charge is 0.493 e. The molecule has 6 heteroatoms. The number of nitrogens with two attached hydrogens (primary N) is 1. The molecule has 1 aliphatic rings. The van der Waals surface area contributed by atoms with Gasteiger partial charge in [0, 0.05) is 13.1 Å². The highest BCUT2D eigenvalue weighted by Crippen LogP contribution is 2.33. The van der Waals surface area contributed by atoms with Crippen LogP contribution in [-0.2, 0) is 11.8 Å². The first-order valence-electron chi connectivity index (χ1n) is 5.45. The zero-order chi connectivity index (χ0) is 12.6. The first-order chi connectivity index (χ1) is 8.00. The molecular weight excluding hydrogens is 222 g/mol. The smallest absolute Gasteiger partial charge is 0.194 e. The van der Waals surface area contributed by atoms with E-state index in [0.29, 0.717) is 24.7 Å². The van der Waals surface area contributed by atoms with Gasteiger partial charge in [-0.1, -0.05) is 0 Å². The van der Waals surface area contributed by atoms with Gasteiger partial charge in [-0.25, -0.2) is 0 Å². The van der Waals surface area contributed by atoms with E-state index in [4.69, 9.17) is 15.2 Å². The van der Waals surface area contributed by atoms with Crippen LogP contribution in [-0.4, -0.2) is 41.9 Å². The quantitative estimate of drug-likeness (QED) is 0.750. The van der Waals surface area contributed by atoms with Crippen LogP contribution in [0.4, 0.5) is 0 Å². The second-order valence-electron chi connectivity index (χ2n) is 4.55. The number of Topliss-reactive ketones (excluding diaryl/α,β-unsaturated/α-hetero) is 1. The molecule has 0 bridgehead atoms. The Morgan fingerprint density at radius 1 is 1.76 bits per heavy atom. The molecule has 94 valence electrons. The maximum atomic E-state index is 12.5. The Balaban J connectivity index is 2.40. The molecule has 2 unspecified atom stereocenters. The summed E-state index contributed by atoms with van der Waals surface area (Å²) in [5, 5.41) is 4.03. The molecule has 1 aliphatic heterocycles. The zero-order valence-corrected chi connectivity index (χ0v) is 10.3. The van der Waals surface area contributed by atoms with E-state index in [1.54, 1.807) is 7.05 Å². The van der Waals surface area contributed by atoms with Gasteiger partial charge in [-0.2, -0.15) is 5.10 Å². The van der Waals surface area contributed by atoms with E-state index in [1.807, 2.05) is 6.92 Å². The summed E-state index contributed by atoms with van der Waals surface area (Å²) in [5.74, 6) is 0.386. The van der Waals surface area contributed by atoms with Crippen LogP contribution in [0.25, 0.3) is 0 Å². The maximum absolute atomic E-state index is 12.5. The highest BCUT2D eigenvalue weighted by Gasteiger charge is 2.46. The normalized spacial score (nSPS) is 28.4. The molecule has 2 rings (SSSR count). The highest BCUT2D eigenvalue weighted by atomic mass is 16.5. The Morgan fingerprint density at radius 3 is 3.00 bits per heavy atom. The summed E-state index contributed by atoms with van der Waals surface area (Å²) in [7, 11) is 3.22. The van der Waals surface area contributed by atoms with E-state index < -0.39 is 5.41 Å². The molecule has 2 heterocycles. The zero-order valence-electron chi connectivity index (χ0n) is 10.3. The van der Waals surface area contributed by atoms with Crippen molar-refractivity contribution in [1.29, 1.82) is 0 Å². The predicted octanol–water partition coefficient (Wildman–Crippen LogP) is -0.0248. The van der Waals surface area contributed by atoms with E-state index in [2.05, 4.69) is 5.10 Å². The van der Waals surface area contributed by atoms with Gasteiger partial charge in [0.15, 0.2) is 11.5 Å². The second kappa shape index (κ2) is 4.12. The van der Waals surface area contributed by atoms with Crippen molar-refractivity contribution in [1.82, 2.24) is 9.78 Å². The van der Waals surface area contributed by atoms with Gasteiger partial charge in [0.05, 0.1) is 31.9 Å². The molecule has 0 saturated carbocycles. The fourth-order valence-electron chi connectivity index (χ4n) is 2.02. The average molecular weight is 239 g/mol. The number of carbonyl (C=O) groups is 1. The average Bonchev–Trinajstić information content (AvgIpc) is 2.83. The third-order valence-electron chi connectivity index (χ3n) is 3.38. The number of ketones is 1. The number of aryl methyl sites for hydroxylation is 1. The highest BCUT2D eigenvalue weighted by molar-refractivity contribution is 6.01. The third-order valence-corrected chi connectivity index (χ3v) is 3.38. The van der Waals surface area contributed by atoms with Crippen molar-refractivity contribution in [3.63, 3.8) is 0 Å². The Bertz CT molecular complexity index is 443. The summed E-state index contributed by atoms with van der Waals surface area (Å²) in [6.07, 6.45) is 1.53. The Labute approximate surface area is 99.7 Å². The van der Waals surface area contributed by atoms with Gasteiger partial charge >= 0.3 is 0 Å². The van der Waals surface area contributed by atoms with Crippen molar-refractivity contribution in [2.45, 2.75) is 13.0 Å². The molecule has 0 amide bonds. The number of hydrogen-bond acceptors (Lipinski definition) is 5. The number of methoxy groups -OCH3 is 1. The van der Waals surface area contributed by atoms with Gasteiger partial charge in [-0.15, -0.1) is 0 Å². The summed E-state index contributed by atoms with van der Waals surface area (Å²) in [6.45, 7) is 2.56. The van der Waals surface area contributed by atoms with Crippen molar-refractivity contribution in [3.05, 3.63) is 11.9 Å². The Kier molecular flexibility index (Phi) is 2.92. The lowest BCUT2D eigenvalue weighted by Gasteiger charge is -2.25. The number of carbonyl (C=O) groups excluding carboxylic acids is 1. The summed E-state index contributed by atoms with van der Waals surface area (Å²) in [6, 6.07) is -0.297. The minimum Gasteiger partial charge on any atom is -0.493 e. The minimum absolute atomic E-state index is 0.0839. The van der Waals surface area contributed by atoms with Gasteiger partial charge < -0.3 is 15.2 Å². The molecule has 1 aromatic rings. The SMILES string of the molecule is COc1cnn(C)c1C(=O)C1(C)COCC1N. The van der Waals surface area contributed by atoms with Gasteiger partial charge in [0.2, 0.25) is 0 Å². The minimum atomic E-state index is -0.707. The van der Waals surface area contributed by atoms with Crippen molar-refractivity contribution in [3.8, 4) is 5.75 Å². The number of aromatic nitrogens is 2. The molecule has 6 nitrogen and oxygen atoms in total. The van der Waals surface area contributed by atoms with Gasteiger partial charge in [-0.05, 0) is 6.92 Å². The van der Waals surface area contributed by atoms with Crippen LogP contribution in [0, 0.1) is 5.41 Å². The van der Waals surface area contributed by atoms with Crippen LogP contribution in [0.1, 0.15) is 17.4 Å². The van der Waals surface area contributed by atoms with E-state index in [1.165, 1.54) is 18.0 Å².